The Bertz CT molecular complexity index is 894. The molecule has 0 aromatic heterocycles. The average molecular weight is 366 g/mol. The Balaban J connectivity index is 1.78. The maximum atomic E-state index is 12.8. The smallest absolute Gasteiger partial charge is 0.311 e. The summed E-state index contributed by atoms with van der Waals surface area (Å²) >= 11 is 0. The molecule has 0 bridgehead atoms. The second kappa shape index (κ2) is 7.23. The zero-order chi connectivity index (χ0) is 19.6. The molecule has 6 nitrogen and oxygen atoms in total. The highest BCUT2D eigenvalue weighted by Crippen LogP contribution is 2.31. The van der Waals surface area contributed by atoms with Crippen molar-refractivity contribution in [1.29, 1.82) is 0 Å². The number of aliphatic carboxylic acids is 1. The molecule has 140 valence electrons. The summed E-state index contributed by atoms with van der Waals surface area (Å²) in [6.07, 6.45) is 0.428. The van der Waals surface area contributed by atoms with Gasteiger partial charge in [-0.2, -0.15) is 0 Å². The molecule has 3 rings (SSSR count). The summed E-state index contributed by atoms with van der Waals surface area (Å²) in [5.74, 6) is -1.37. The van der Waals surface area contributed by atoms with E-state index < -0.39 is 11.4 Å². The molecule has 0 radical (unpaired) electrons. The van der Waals surface area contributed by atoms with Crippen molar-refractivity contribution in [3.8, 4) is 0 Å². The number of nitrogens with zero attached hydrogens (tertiary/aromatic N) is 1. The number of hydrogen-bond donors (Lipinski definition) is 2. The van der Waals surface area contributed by atoms with Gasteiger partial charge >= 0.3 is 5.97 Å². The topological polar surface area (TPSA) is 86.7 Å². The van der Waals surface area contributed by atoms with Crippen LogP contribution in [0.1, 0.15) is 39.6 Å². The Labute approximate surface area is 157 Å². The number of benzene rings is 2. The molecule has 1 heterocycles. The van der Waals surface area contributed by atoms with Crippen LogP contribution in [0.4, 0.5) is 5.69 Å². The van der Waals surface area contributed by atoms with Gasteiger partial charge in [0.1, 0.15) is 0 Å². The third-order valence-electron chi connectivity index (χ3n) is 5.05. The van der Waals surface area contributed by atoms with Gasteiger partial charge in [0.05, 0.1) is 5.41 Å². The summed E-state index contributed by atoms with van der Waals surface area (Å²) < 4.78 is 0. The van der Waals surface area contributed by atoms with Gasteiger partial charge in [0, 0.05) is 29.9 Å². The van der Waals surface area contributed by atoms with Crippen LogP contribution in [0.2, 0.25) is 0 Å². The zero-order valence-corrected chi connectivity index (χ0v) is 15.4. The first-order valence-electron chi connectivity index (χ1n) is 8.80. The van der Waals surface area contributed by atoms with E-state index in [-0.39, 0.29) is 18.4 Å². The monoisotopic (exact) mass is 366 g/mol. The van der Waals surface area contributed by atoms with Crippen LogP contribution in [0.5, 0.6) is 0 Å². The van der Waals surface area contributed by atoms with Crippen LogP contribution in [-0.4, -0.2) is 40.9 Å². The Morgan fingerprint density at radius 1 is 1.07 bits per heavy atom. The molecule has 1 atom stereocenters. The Morgan fingerprint density at radius 3 is 2.41 bits per heavy atom. The van der Waals surface area contributed by atoms with Crippen molar-refractivity contribution >= 4 is 23.5 Å². The van der Waals surface area contributed by atoms with E-state index in [0.717, 1.165) is 5.56 Å². The lowest BCUT2D eigenvalue weighted by atomic mass is 9.90. The first-order chi connectivity index (χ1) is 12.8. The Morgan fingerprint density at radius 2 is 1.78 bits per heavy atom. The highest BCUT2D eigenvalue weighted by molar-refractivity contribution is 6.05. The lowest BCUT2D eigenvalue weighted by Gasteiger charge is -2.20. The predicted octanol–water partition coefficient (Wildman–Crippen LogP) is 3.18. The molecule has 1 unspecified atom stereocenters. The first kappa shape index (κ1) is 18.6. The minimum absolute atomic E-state index is 0.181. The molecule has 2 aromatic carbocycles. The summed E-state index contributed by atoms with van der Waals surface area (Å²) in [6, 6.07) is 14.0. The van der Waals surface area contributed by atoms with Crippen LogP contribution >= 0.6 is 0 Å². The number of anilines is 1. The van der Waals surface area contributed by atoms with Crippen molar-refractivity contribution in [2.45, 2.75) is 20.3 Å². The van der Waals surface area contributed by atoms with Crippen LogP contribution in [0.25, 0.3) is 0 Å². The van der Waals surface area contributed by atoms with E-state index in [2.05, 4.69) is 5.32 Å². The standard InChI is InChI=1S/C21H22N2O4/c1-14-8-9-16(19(25)23-11-10-21(2,13-23)20(26)27)12-17(14)22-18(24)15-6-4-3-5-7-15/h3-9,12H,10-11,13H2,1-2H3,(H,22,24)(H,26,27). The molecule has 0 spiro atoms. The fraction of sp³-hybridized carbons (Fsp3) is 0.286. The van der Waals surface area contributed by atoms with E-state index in [1.807, 2.05) is 13.0 Å². The third kappa shape index (κ3) is 3.84. The highest BCUT2D eigenvalue weighted by atomic mass is 16.4. The number of hydrogen-bond acceptors (Lipinski definition) is 3. The number of carbonyl (C=O) groups excluding carboxylic acids is 2. The van der Waals surface area contributed by atoms with Crippen LogP contribution < -0.4 is 5.32 Å². The van der Waals surface area contributed by atoms with Gasteiger partial charge in [0.25, 0.3) is 11.8 Å². The van der Waals surface area contributed by atoms with Crippen molar-refractivity contribution in [1.82, 2.24) is 4.90 Å². The minimum Gasteiger partial charge on any atom is -0.481 e. The quantitative estimate of drug-likeness (QED) is 0.870. The summed E-state index contributed by atoms with van der Waals surface area (Å²) in [5.41, 5.74) is 1.46. The maximum absolute atomic E-state index is 12.8. The van der Waals surface area contributed by atoms with Crippen molar-refractivity contribution in [2.75, 3.05) is 18.4 Å². The van der Waals surface area contributed by atoms with E-state index in [9.17, 15) is 19.5 Å². The number of carbonyl (C=O) groups is 3. The zero-order valence-electron chi connectivity index (χ0n) is 15.4. The third-order valence-corrected chi connectivity index (χ3v) is 5.05. The number of carboxylic acid groups (broad SMARTS) is 1. The molecule has 27 heavy (non-hydrogen) atoms. The molecule has 1 aliphatic heterocycles. The molecule has 2 aromatic rings. The van der Waals surface area contributed by atoms with Gasteiger partial charge in [-0.15, -0.1) is 0 Å². The molecule has 6 heteroatoms. The van der Waals surface area contributed by atoms with Gasteiger partial charge < -0.3 is 15.3 Å². The summed E-state index contributed by atoms with van der Waals surface area (Å²) in [6.45, 7) is 4.09. The number of likely N-dealkylation sites (tertiary alicyclic amines) is 1. The van der Waals surface area contributed by atoms with E-state index in [1.165, 1.54) is 0 Å². The van der Waals surface area contributed by atoms with Crippen molar-refractivity contribution < 1.29 is 19.5 Å². The molecule has 2 amide bonds. The van der Waals surface area contributed by atoms with Crippen LogP contribution in [0, 0.1) is 12.3 Å². The van der Waals surface area contributed by atoms with Crippen LogP contribution in [-0.2, 0) is 4.79 Å². The van der Waals surface area contributed by atoms with Crippen molar-refractivity contribution in [2.24, 2.45) is 5.41 Å². The van der Waals surface area contributed by atoms with Crippen molar-refractivity contribution in [3.63, 3.8) is 0 Å². The first-order valence-corrected chi connectivity index (χ1v) is 8.80. The normalized spacial score (nSPS) is 19.0. The van der Waals surface area contributed by atoms with E-state index in [1.54, 1.807) is 54.3 Å². The maximum Gasteiger partial charge on any atom is 0.311 e. The van der Waals surface area contributed by atoms with Gasteiger partial charge in [-0.3, -0.25) is 14.4 Å². The molecule has 1 fully saturated rings. The van der Waals surface area contributed by atoms with Gasteiger partial charge in [-0.05, 0) is 50.1 Å². The lowest BCUT2D eigenvalue weighted by molar-refractivity contribution is -0.147. The summed E-state index contributed by atoms with van der Waals surface area (Å²) in [5, 5.41) is 12.2. The van der Waals surface area contributed by atoms with Gasteiger partial charge in [-0.25, -0.2) is 0 Å². The molecular weight excluding hydrogens is 344 g/mol. The lowest BCUT2D eigenvalue weighted by Crippen LogP contribution is -2.34. The number of carboxylic acids is 1. The number of amides is 2. The van der Waals surface area contributed by atoms with E-state index >= 15 is 0 Å². The summed E-state index contributed by atoms with van der Waals surface area (Å²) in [7, 11) is 0. The Hall–Kier alpha value is -3.15. The summed E-state index contributed by atoms with van der Waals surface area (Å²) in [4.78, 5) is 38.1. The van der Waals surface area contributed by atoms with Crippen LogP contribution in [0.15, 0.2) is 48.5 Å². The largest absolute Gasteiger partial charge is 0.481 e. The molecular formula is C21H22N2O4. The molecule has 0 aliphatic carbocycles. The molecule has 2 N–H and O–H groups in total. The second-order valence-electron chi connectivity index (χ2n) is 7.19. The highest BCUT2D eigenvalue weighted by Gasteiger charge is 2.42. The van der Waals surface area contributed by atoms with Gasteiger partial charge in [-0.1, -0.05) is 24.3 Å². The molecule has 1 aliphatic rings. The predicted molar refractivity (Wildman–Crippen MR) is 102 cm³/mol. The molecule has 1 saturated heterocycles. The number of nitrogens with one attached hydrogen (secondary N) is 1. The molecule has 0 saturated carbocycles. The van der Waals surface area contributed by atoms with Gasteiger partial charge in [0.2, 0.25) is 0 Å². The number of rotatable bonds is 4. The second-order valence-corrected chi connectivity index (χ2v) is 7.19. The van der Waals surface area contributed by atoms with Gasteiger partial charge in [0.15, 0.2) is 0 Å². The fourth-order valence-electron chi connectivity index (χ4n) is 3.17. The average Bonchev–Trinajstić information content (AvgIpc) is 3.07. The number of aryl methyl sites for hydroxylation is 1. The van der Waals surface area contributed by atoms with E-state index in [4.69, 9.17) is 0 Å². The fourth-order valence-corrected chi connectivity index (χ4v) is 3.17. The SMILES string of the molecule is Cc1ccc(C(=O)N2CCC(C)(C(=O)O)C2)cc1NC(=O)c1ccccc1. The van der Waals surface area contributed by atoms with Crippen molar-refractivity contribution in [3.05, 3.63) is 65.2 Å². The minimum atomic E-state index is -0.912. The Kier molecular flexibility index (Phi) is 4.99. The van der Waals surface area contributed by atoms with Crippen LogP contribution in [0.3, 0.4) is 0 Å². The van der Waals surface area contributed by atoms with E-state index in [0.29, 0.717) is 29.8 Å².